The fourth-order valence-electron chi connectivity index (χ4n) is 1.12. The van der Waals surface area contributed by atoms with Crippen LogP contribution < -0.4 is 11.1 Å². The summed E-state index contributed by atoms with van der Waals surface area (Å²) >= 11 is 3.18. The minimum absolute atomic E-state index is 0.218. The van der Waals surface area contributed by atoms with E-state index in [0.717, 1.165) is 0 Å². The minimum atomic E-state index is -0.364. The van der Waals surface area contributed by atoms with Gasteiger partial charge in [-0.05, 0) is 34.5 Å². The zero-order chi connectivity index (χ0) is 12.0. The molecule has 1 rings (SSSR count). The highest BCUT2D eigenvalue weighted by molar-refractivity contribution is 9.10. The molecule has 3 N–H and O–H groups in total. The van der Waals surface area contributed by atoms with Crippen LogP contribution in [0.1, 0.15) is 23.2 Å². The normalized spacial score (nSPS) is 9.81. The fourth-order valence-corrected chi connectivity index (χ4v) is 1.55. The third kappa shape index (κ3) is 3.98. The lowest BCUT2D eigenvalue weighted by Crippen LogP contribution is -2.26. The van der Waals surface area contributed by atoms with Crippen molar-refractivity contribution in [3.05, 3.63) is 28.5 Å². The fraction of sp³-hybridized carbons (Fsp3) is 0.300. The standard InChI is InChI=1S/C10H12BrN3O2/c11-9-7(3-1-5-13-9)10(16)14-6-2-4-8(12)15/h1,3,5H,2,4,6H2,(H2,12,15)(H,14,16). The lowest BCUT2D eigenvalue weighted by atomic mass is 10.2. The number of carbonyl (C=O) groups excluding carboxylic acids is 2. The van der Waals surface area contributed by atoms with Crippen LogP contribution in [0.15, 0.2) is 22.9 Å². The van der Waals surface area contributed by atoms with Gasteiger partial charge in [-0.15, -0.1) is 0 Å². The zero-order valence-electron chi connectivity index (χ0n) is 8.57. The molecular formula is C10H12BrN3O2. The van der Waals surface area contributed by atoms with E-state index in [9.17, 15) is 9.59 Å². The van der Waals surface area contributed by atoms with Crippen LogP contribution in [0.3, 0.4) is 0 Å². The second-order valence-electron chi connectivity index (χ2n) is 3.17. The summed E-state index contributed by atoms with van der Waals surface area (Å²) in [6.07, 6.45) is 2.40. The Balaban J connectivity index is 2.41. The van der Waals surface area contributed by atoms with E-state index in [1.54, 1.807) is 18.3 Å². The van der Waals surface area contributed by atoms with Crippen molar-refractivity contribution in [3.63, 3.8) is 0 Å². The number of nitrogens with two attached hydrogens (primary N) is 1. The second kappa shape index (κ2) is 6.22. The highest BCUT2D eigenvalue weighted by atomic mass is 79.9. The molecule has 0 bridgehead atoms. The first-order chi connectivity index (χ1) is 7.61. The van der Waals surface area contributed by atoms with E-state index in [1.807, 2.05) is 0 Å². The zero-order valence-corrected chi connectivity index (χ0v) is 10.2. The van der Waals surface area contributed by atoms with Gasteiger partial charge in [0, 0.05) is 19.2 Å². The molecule has 0 aliphatic heterocycles. The van der Waals surface area contributed by atoms with Gasteiger partial charge in [-0.2, -0.15) is 0 Å². The van der Waals surface area contributed by atoms with Crippen molar-refractivity contribution in [2.75, 3.05) is 6.54 Å². The largest absolute Gasteiger partial charge is 0.370 e. The first kappa shape index (κ1) is 12.6. The molecule has 0 aromatic carbocycles. The molecule has 0 saturated heterocycles. The van der Waals surface area contributed by atoms with Gasteiger partial charge in [-0.25, -0.2) is 4.98 Å². The summed E-state index contributed by atoms with van der Waals surface area (Å²) in [6.45, 7) is 0.420. The van der Waals surface area contributed by atoms with Crippen molar-refractivity contribution in [1.29, 1.82) is 0 Å². The van der Waals surface area contributed by atoms with Crippen LogP contribution in [0.25, 0.3) is 0 Å². The Bertz CT molecular complexity index is 395. The monoisotopic (exact) mass is 285 g/mol. The van der Waals surface area contributed by atoms with Gasteiger partial charge in [-0.3, -0.25) is 9.59 Å². The molecule has 0 radical (unpaired) electrons. The predicted molar refractivity (Wildman–Crippen MR) is 62.7 cm³/mol. The number of nitrogens with zero attached hydrogens (tertiary/aromatic N) is 1. The first-order valence-corrected chi connectivity index (χ1v) is 5.57. The van der Waals surface area contributed by atoms with Crippen LogP contribution in [0, 0.1) is 0 Å². The van der Waals surface area contributed by atoms with E-state index >= 15 is 0 Å². The summed E-state index contributed by atoms with van der Waals surface area (Å²) < 4.78 is 0.502. The molecule has 86 valence electrons. The summed E-state index contributed by atoms with van der Waals surface area (Å²) in [5.41, 5.74) is 5.45. The number of pyridine rings is 1. The van der Waals surface area contributed by atoms with Crippen LogP contribution in [-0.4, -0.2) is 23.3 Å². The molecule has 1 aromatic heterocycles. The van der Waals surface area contributed by atoms with Crippen LogP contribution in [0.4, 0.5) is 0 Å². The predicted octanol–water partition coefficient (Wildman–Crippen LogP) is 0.839. The molecule has 1 heterocycles. The summed E-state index contributed by atoms with van der Waals surface area (Å²) in [4.78, 5) is 26.0. The van der Waals surface area contributed by atoms with Gasteiger partial charge in [0.05, 0.1) is 5.56 Å². The third-order valence-corrected chi connectivity index (χ3v) is 2.52. The number of amides is 2. The number of aromatic nitrogens is 1. The Kier molecular flexibility index (Phi) is 4.91. The lowest BCUT2D eigenvalue weighted by molar-refractivity contribution is -0.118. The summed E-state index contributed by atoms with van der Waals surface area (Å²) in [5.74, 6) is -0.582. The van der Waals surface area contributed by atoms with Crippen molar-refractivity contribution < 1.29 is 9.59 Å². The quantitative estimate of drug-likeness (QED) is 0.621. The van der Waals surface area contributed by atoms with Gasteiger partial charge in [0.1, 0.15) is 4.60 Å². The van der Waals surface area contributed by atoms with E-state index in [-0.39, 0.29) is 18.2 Å². The van der Waals surface area contributed by atoms with E-state index in [2.05, 4.69) is 26.2 Å². The Morgan fingerprint density at radius 2 is 2.25 bits per heavy atom. The van der Waals surface area contributed by atoms with E-state index < -0.39 is 0 Å². The van der Waals surface area contributed by atoms with Crippen LogP contribution >= 0.6 is 15.9 Å². The maximum Gasteiger partial charge on any atom is 0.254 e. The molecule has 0 atom stereocenters. The average molecular weight is 286 g/mol. The van der Waals surface area contributed by atoms with Gasteiger partial charge >= 0.3 is 0 Å². The number of rotatable bonds is 5. The number of carbonyl (C=O) groups is 2. The topological polar surface area (TPSA) is 85.1 Å². The first-order valence-electron chi connectivity index (χ1n) is 4.78. The van der Waals surface area contributed by atoms with E-state index in [0.29, 0.717) is 23.1 Å². The third-order valence-electron chi connectivity index (χ3n) is 1.89. The van der Waals surface area contributed by atoms with Gasteiger partial charge in [0.15, 0.2) is 0 Å². The summed E-state index contributed by atoms with van der Waals surface area (Å²) in [5, 5.41) is 2.68. The maximum atomic E-state index is 11.6. The molecule has 16 heavy (non-hydrogen) atoms. The van der Waals surface area contributed by atoms with Crippen molar-refractivity contribution in [2.24, 2.45) is 5.73 Å². The SMILES string of the molecule is NC(=O)CCCNC(=O)c1cccnc1Br. The Labute approximate surface area is 102 Å². The smallest absolute Gasteiger partial charge is 0.254 e. The number of primary amides is 1. The van der Waals surface area contributed by atoms with Crippen LogP contribution in [-0.2, 0) is 4.79 Å². The number of hydrogen-bond donors (Lipinski definition) is 2. The maximum absolute atomic E-state index is 11.6. The lowest BCUT2D eigenvalue weighted by Gasteiger charge is -2.05. The summed E-state index contributed by atoms with van der Waals surface area (Å²) in [6, 6.07) is 3.35. The summed E-state index contributed by atoms with van der Waals surface area (Å²) in [7, 11) is 0. The van der Waals surface area contributed by atoms with Crippen molar-refractivity contribution >= 4 is 27.7 Å². The Morgan fingerprint density at radius 1 is 1.50 bits per heavy atom. The van der Waals surface area contributed by atoms with Gasteiger partial charge < -0.3 is 11.1 Å². The van der Waals surface area contributed by atoms with Gasteiger partial charge in [-0.1, -0.05) is 0 Å². The van der Waals surface area contributed by atoms with Crippen molar-refractivity contribution in [1.82, 2.24) is 10.3 Å². The minimum Gasteiger partial charge on any atom is -0.370 e. The van der Waals surface area contributed by atoms with E-state index in [4.69, 9.17) is 5.73 Å². The second-order valence-corrected chi connectivity index (χ2v) is 3.92. The Hall–Kier alpha value is -1.43. The molecule has 1 aromatic rings. The van der Waals surface area contributed by atoms with Crippen molar-refractivity contribution in [2.45, 2.75) is 12.8 Å². The van der Waals surface area contributed by atoms with Gasteiger partial charge in [0.2, 0.25) is 5.91 Å². The molecule has 6 heteroatoms. The molecule has 5 nitrogen and oxygen atoms in total. The molecule has 0 spiro atoms. The number of nitrogens with one attached hydrogen (secondary N) is 1. The number of halogens is 1. The van der Waals surface area contributed by atoms with Crippen molar-refractivity contribution in [3.8, 4) is 0 Å². The van der Waals surface area contributed by atoms with E-state index in [1.165, 1.54) is 0 Å². The Morgan fingerprint density at radius 3 is 2.88 bits per heavy atom. The molecule has 2 amide bonds. The van der Waals surface area contributed by atoms with Gasteiger partial charge in [0.25, 0.3) is 5.91 Å². The van der Waals surface area contributed by atoms with Crippen LogP contribution in [0.5, 0.6) is 0 Å². The molecular weight excluding hydrogens is 274 g/mol. The van der Waals surface area contributed by atoms with Crippen LogP contribution in [0.2, 0.25) is 0 Å². The molecule has 0 fully saturated rings. The molecule has 0 unspecified atom stereocenters. The molecule has 0 aliphatic rings. The average Bonchev–Trinajstić information content (AvgIpc) is 2.24. The number of hydrogen-bond acceptors (Lipinski definition) is 3. The highest BCUT2D eigenvalue weighted by Crippen LogP contribution is 2.11. The molecule has 0 aliphatic carbocycles. The highest BCUT2D eigenvalue weighted by Gasteiger charge is 2.09. The molecule has 0 saturated carbocycles.